The summed E-state index contributed by atoms with van der Waals surface area (Å²) in [6.45, 7) is 0.155. The molecule has 0 heterocycles. The van der Waals surface area contributed by atoms with Crippen LogP contribution in [0.1, 0.15) is 0 Å². The number of fused-ring (bicyclic) bond motifs is 1. The third kappa shape index (κ3) is 4.00. The molecule has 0 aliphatic rings. The number of non-ortho nitro benzene ring substituents is 1. The van der Waals surface area contributed by atoms with E-state index in [0.29, 0.717) is 10.2 Å². The molecule has 3 aromatic carbocycles. The SMILES string of the molecule is CN(CC(=O)Nc1ccc([N+](=O)[O-])cc1Br)c1ccc2ccccc2c1. The lowest BCUT2D eigenvalue weighted by Crippen LogP contribution is -2.30. The van der Waals surface area contributed by atoms with Gasteiger partial charge in [-0.3, -0.25) is 14.9 Å². The van der Waals surface area contributed by atoms with Gasteiger partial charge in [0.05, 0.1) is 17.2 Å². The molecule has 6 nitrogen and oxygen atoms in total. The topological polar surface area (TPSA) is 75.5 Å². The standard InChI is InChI=1S/C19H16BrN3O3/c1-22(15-7-6-13-4-2-3-5-14(13)10-15)12-19(24)21-18-9-8-16(23(25)26)11-17(18)20/h2-11H,12H2,1H3,(H,21,24). The van der Waals surface area contributed by atoms with E-state index in [1.165, 1.54) is 18.2 Å². The molecule has 0 bridgehead atoms. The van der Waals surface area contributed by atoms with Gasteiger partial charge in [-0.25, -0.2) is 0 Å². The maximum Gasteiger partial charge on any atom is 0.270 e. The molecule has 0 fully saturated rings. The van der Waals surface area contributed by atoms with Crippen LogP contribution in [0.3, 0.4) is 0 Å². The van der Waals surface area contributed by atoms with E-state index in [0.717, 1.165) is 16.5 Å². The average molecular weight is 414 g/mol. The number of benzene rings is 3. The first kappa shape index (κ1) is 17.9. The summed E-state index contributed by atoms with van der Waals surface area (Å²) in [6, 6.07) is 18.3. The number of rotatable bonds is 5. The number of likely N-dealkylation sites (N-methyl/N-ethyl adjacent to an activating group) is 1. The molecule has 26 heavy (non-hydrogen) atoms. The summed E-state index contributed by atoms with van der Waals surface area (Å²) in [5.74, 6) is -0.213. The number of nitro groups is 1. The van der Waals surface area contributed by atoms with Gasteiger partial charge in [-0.05, 0) is 44.9 Å². The van der Waals surface area contributed by atoms with E-state index in [2.05, 4.69) is 21.2 Å². The van der Waals surface area contributed by atoms with Gasteiger partial charge < -0.3 is 10.2 Å². The van der Waals surface area contributed by atoms with Gasteiger partial charge in [0.15, 0.2) is 0 Å². The van der Waals surface area contributed by atoms with Crippen molar-refractivity contribution in [2.75, 3.05) is 23.8 Å². The predicted octanol–water partition coefficient (Wildman–Crippen LogP) is 4.59. The van der Waals surface area contributed by atoms with E-state index in [-0.39, 0.29) is 18.1 Å². The van der Waals surface area contributed by atoms with Crippen LogP contribution in [0.2, 0.25) is 0 Å². The van der Waals surface area contributed by atoms with Crippen LogP contribution in [0.4, 0.5) is 17.1 Å². The number of nitrogens with zero attached hydrogens (tertiary/aromatic N) is 2. The molecule has 7 heteroatoms. The summed E-state index contributed by atoms with van der Waals surface area (Å²) < 4.78 is 0.466. The fourth-order valence-corrected chi connectivity index (χ4v) is 3.10. The van der Waals surface area contributed by atoms with Crippen molar-refractivity contribution in [2.24, 2.45) is 0 Å². The monoisotopic (exact) mass is 413 g/mol. The highest BCUT2D eigenvalue weighted by Gasteiger charge is 2.13. The van der Waals surface area contributed by atoms with Crippen molar-refractivity contribution >= 4 is 49.7 Å². The fraction of sp³-hybridized carbons (Fsp3) is 0.105. The van der Waals surface area contributed by atoms with E-state index < -0.39 is 4.92 Å². The summed E-state index contributed by atoms with van der Waals surface area (Å²) in [5, 5.41) is 15.8. The largest absolute Gasteiger partial charge is 0.365 e. The molecule has 3 rings (SSSR count). The lowest BCUT2D eigenvalue weighted by atomic mass is 10.1. The van der Waals surface area contributed by atoms with Gasteiger partial charge in [0.1, 0.15) is 0 Å². The molecule has 0 unspecified atom stereocenters. The summed E-state index contributed by atoms with van der Waals surface area (Å²) in [4.78, 5) is 24.5. The quantitative estimate of drug-likeness (QED) is 0.490. The van der Waals surface area contributed by atoms with Crippen molar-refractivity contribution in [3.8, 4) is 0 Å². The van der Waals surface area contributed by atoms with Crippen LogP contribution in [0.5, 0.6) is 0 Å². The van der Waals surface area contributed by atoms with Crippen LogP contribution in [0, 0.1) is 10.1 Å². The smallest absolute Gasteiger partial charge is 0.270 e. The molecule has 0 saturated carbocycles. The Morgan fingerprint density at radius 1 is 1.12 bits per heavy atom. The summed E-state index contributed by atoms with van der Waals surface area (Å²) in [6.07, 6.45) is 0. The highest BCUT2D eigenvalue weighted by atomic mass is 79.9. The Bertz CT molecular complexity index is 991. The number of carbonyl (C=O) groups is 1. The van der Waals surface area contributed by atoms with Gasteiger partial charge in [-0.1, -0.05) is 30.3 Å². The predicted molar refractivity (Wildman–Crippen MR) is 107 cm³/mol. The second-order valence-electron chi connectivity index (χ2n) is 5.86. The Hall–Kier alpha value is -2.93. The zero-order valence-corrected chi connectivity index (χ0v) is 15.6. The molecular weight excluding hydrogens is 398 g/mol. The molecule has 0 aliphatic heterocycles. The third-order valence-electron chi connectivity index (χ3n) is 3.99. The number of hydrogen-bond donors (Lipinski definition) is 1. The Balaban J connectivity index is 1.69. The number of halogens is 1. The van der Waals surface area contributed by atoms with Crippen molar-refractivity contribution in [3.63, 3.8) is 0 Å². The Morgan fingerprint density at radius 3 is 2.54 bits per heavy atom. The van der Waals surface area contributed by atoms with Crippen molar-refractivity contribution in [2.45, 2.75) is 0 Å². The second kappa shape index (κ2) is 7.53. The van der Waals surface area contributed by atoms with Crippen molar-refractivity contribution in [1.82, 2.24) is 0 Å². The van der Waals surface area contributed by atoms with E-state index in [9.17, 15) is 14.9 Å². The van der Waals surface area contributed by atoms with Crippen LogP contribution in [0.25, 0.3) is 10.8 Å². The minimum absolute atomic E-state index is 0.0387. The molecule has 0 spiro atoms. The summed E-state index contributed by atoms with van der Waals surface area (Å²) >= 11 is 3.25. The van der Waals surface area contributed by atoms with Crippen LogP contribution in [-0.2, 0) is 4.79 Å². The number of anilines is 2. The Morgan fingerprint density at radius 2 is 1.85 bits per heavy atom. The molecule has 0 aliphatic carbocycles. The summed E-state index contributed by atoms with van der Waals surface area (Å²) in [5.41, 5.74) is 1.39. The van der Waals surface area contributed by atoms with Crippen LogP contribution >= 0.6 is 15.9 Å². The average Bonchev–Trinajstić information content (AvgIpc) is 2.62. The number of amides is 1. The van der Waals surface area contributed by atoms with Crippen molar-refractivity contribution in [3.05, 3.63) is 75.3 Å². The van der Waals surface area contributed by atoms with E-state index in [4.69, 9.17) is 0 Å². The maximum absolute atomic E-state index is 12.3. The normalized spacial score (nSPS) is 10.5. The Labute approximate surface area is 158 Å². The minimum Gasteiger partial charge on any atom is -0.365 e. The number of nitro benzene ring substituents is 1. The summed E-state index contributed by atoms with van der Waals surface area (Å²) in [7, 11) is 1.84. The van der Waals surface area contributed by atoms with Gasteiger partial charge in [-0.15, -0.1) is 0 Å². The van der Waals surface area contributed by atoms with E-state index in [1.54, 1.807) is 0 Å². The van der Waals surface area contributed by atoms with Gasteiger partial charge >= 0.3 is 0 Å². The van der Waals surface area contributed by atoms with Crippen molar-refractivity contribution in [1.29, 1.82) is 0 Å². The number of nitrogens with one attached hydrogen (secondary N) is 1. The first-order chi connectivity index (χ1) is 12.4. The number of hydrogen-bond acceptors (Lipinski definition) is 4. The molecule has 132 valence electrons. The Kier molecular flexibility index (Phi) is 5.18. The lowest BCUT2D eigenvalue weighted by molar-refractivity contribution is -0.384. The van der Waals surface area contributed by atoms with Gasteiger partial charge in [-0.2, -0.15) is 0 Å². The zero-order chi connectivity index (χ0) is 18.7. The number of carbonyl (C=O) groups excluding carboxylic acids is 1. The van der Waals surface area contributed by atoms with E-state index in [1.807, 2.05) is 54.4 Å². The van der Waals surface area contributed by atoms with Crippen LogP contribution < -0.4 is 10.2 Å². The van der Waals surface area contributed by atoms with Gasteiger partial charge in [0, 0.05) is 29.3 Å². The molecule has 3 aromatic rings. The molecule has 0 radical (unpaired) electrons. The molecular formula is C19H16BrN3O3. The van der Waals surface area contributed by atoms with Gasteiger partial charge in [0.2, 0.25) is 5.91 Å². The first-order valence-corrected chi connectivity index (χ1v) is 8.67. The van der Waals surface area contributed by atoms with Gasteiger partial charge in [0.25, 0.3) is 5.69 Å². The zero-order valence-electron chi connectivity index (χ0n) is 14.0. The first-order valence-electron chi connectivity index (χ1n) is 7.88. The molecule has 0 aromatic heterocycles. The second-order valence-corrected chi connectivity index (χ2v) is 6.71. The highest BCUT2D eigenvalue weighted by Crippen LogP contribution is 2.27. The fourth-order valence-electron chi connectivity index (χ4n) is 2.63. The molecule has 0 saturated heterocycles. The van der Waals surface area contributed by atoms with Crippen LogP contribution in [-0.4, -0.2) is 24.4 Å². The third-order valence-corrected chi connectivity index (χ3v) is 4.65. The molecule has 0 atom stereocenters. The molecule has 1 amide bonds. The lowest BCUT2D eigenvalue weighted by Gasteiger charge is -2.19. The molecule has 1 N–H and O–H groups in total. The minimum atomic E-state index is -0.482. The van der Waals surface area contributed by atoms with Crippen LogP contribution in [0.15, 0.2) is 65.1 Å². The van der Waals surface area contributed by atoms with E-state index >= 15 is 0 Å². The highest BCUT2D eigenvalue weighted by molar-refractivity contribution is 9.10. The maximum atomic E-state index is 12.3. The van der Waals surface area contributed by atoms with Crippen molar-refractivity contribution < 1.29 is 9.72 Å².